The van der Waals surface area contributed by atoms with Crippen LogP contribution in [-0.2, 0) is 4.74 Å². The van der Waals surface area contributed by atoms with Crippen molar-refractivity contribution in [1.82, 2.24) is 5.32 Å². The van der Waals surface area contributed by atoms with Gasteiger partial charge in [0.2, 0.25) is 0 Å². The Hall–Kier alpha value is -0.0000000000000000416. The third-order valence-corrected chi connectivity index (χ3v) is 2.03. The van der Waals surface area contributed by atoms with E-state index in [1.807, 2.05) is 0 Å². The molecule has 0 amide bonds. The van der Waals surface area contributed by atoms with E-state index >= 15 is 0 Å². The van der Waals surface area contributed by atoms with E-state index in [9.17, 15) is 13.2 Å². The molecule has 0 bridgehead atoms. The molecule has 1 heterocycles. The average molecular weight is 234 g/mol. The van der Waals surface area contributed by atoms with Crippen LogP contribution in [0.4, 0.5) is 13.2 Å². The van der Waals surface area contributed by atoms with Crippen LogP contribution in [0.5, 0.6) is 0 Å². The Kier molecular flexibility index (Phi) is 6.48. The second kappa shape index (κ2) is 6.48. The third-order valence-electron chi connectivity index (χ3n) is 2.03. The fourth-order valence-electron chi connectivity index (χ4n) is 1.30. The standard InChI is InChI=1S/C8H14F3NO.ClH/c9-8(10,11)3-6-13-7-1-4-12-5-2-7;/h7,12H,1-6H2;1H. The lowest BCUT2D eigenvalue weighted by Gasteiger charge is -2.23. The van der Waals surface area contributed by atoms with Crippen LogP contribution in [0.15, 0.2) is 0 Å². The van der Waals surface area contributed by atoms with E-state index in [0.29, 0.717) is 0 Å². The van der Waals surface area contributed by atoms with Crippen molar-refractivity contribution in [1.29, 1.82) is 0 Å². The molecule has 1 aliphatic rings. The molecule has 0 unspecified atom stereocenters. The SMILES string of the molecule is Cl.FC(F)(F)CCOC1CCNCC1. The fourth-order valence-corrected chi connectivity index (χ4v) is 1.30. The first-order valence-corrected chi connectivity index (χ1v) is 4.47. The summed E-state index contributed by atoms with van der Waals surface area (Å²) in [6.45, 7) is 1.49. The van der Waals surface area contributed by atoms with Crippen molar-refractivity contribution >= 4 is 12.4 Å². The lowest BCUT2D eigenvalue weighted by Crippen LogP contribution is -2.33. The molecule has 0 aromatic carbocycles. The maximum absolute atomic E-state index is 11.7. The minimum Gasteiger partial charge on any atom is -0.378 e. The van der Waals surface area contributed by atoms with Crippen LogP contribution in [0, 0.1) is 0 Å². The van der Waals surface area contributed by atoms with Crippen molar-refractivity contribution in [2.45, 2.75) is 31.5 Å². The molecule has 86 valence electrons. The number of alkyl halides is 3. The molecule has 0 spiro atoms. The van der Waals surface area contributed by atoms with Crippen molar-refractivity contribution in [2.75, 3.05) is 19.7 Å². The van der Waals surface area contributed by atoms with Gasteiger partial charge in [0.25, 0.3) is 0 Å². The highest BCUT2D eigenvalue weighted by atomic mass is 35.5. The smallest absolute Gasteiger partial charge is 0.378 e. The Balaban J connectivity index is 0.00000169. The monoisotopic (exact) mass is 233 g/mol. The van der Waals surface area contributed by atoms with Gasteiger partial charge in [0.15, 0.2) is 0 Å². The van der Waals surface area contributed by atoms with Gasteiger partial charge in [-0.15, -0.1) is 12.4 Å². The van der Waals surface area contributed by atoms with E-state index in [1.165, 1.54) is 0 Å². The molecule has 0 radical (unpaired) electrons. The quantitative estimate of drug-likeness (QED) is 0.806. The van der Waals surface area contributed by atoms with E-state index in [0.717, 1.165) is 25.9 Å². The predicted molar refractivity (Wildman–Crippen MR) is 49.8 cm³/mol. The molecule has 6 heteroatoms. The number of hydrogen-bond donors (Lipinski definition) is 1. The van der Waals surface area contributed by atoms with E-state index in [4.69, 9.17) is 4.74 Å². The van der Waals surface area contributed by atoms with Gasteiger partial charge in [-0.25, -0.2) is 0 Å². The van der Waals surface area contributed by atoms with Crippen LogP contribution in [0.3, 0.4) is 0 Å². The zero-order chi connectivity index (χ0) is 9.73. The summed E-state index contributed by atoms with van der Waals surface area (Å²) >= 11 is 0. The maximum atomic E-state index is 11.7. The largest absolute Gasteiger partial charge is 0.391 e. The van der Waals surface area contributed by atoms with Gasteiger partial charge < -0.3 is 10.1 Å². The Bertz CT molecular complexity index is 148. The van der Waals surface area contributed by atoms with Gasteiger partial charge in [-0.2, -0.15) is 13.2 Å². The second-order valence-electron chi connectivity index (χ2n) is 3.19. The molecule has 0 aromatic rings. The highest BCUT2D eigenvalue weighted by Gasteiger charge is 2.27. The average Bonchev–Trinajstić information content (AvgIpc) is 2.04. The van der Waals surface area contributed by atoms with Crippen LogP contribution < -0.4 is 5.32 Å². The summed E-state index contributed by atoms with van der Waals surface area (Å²) in [7, 11) is 0. The van der Waals surface area contributed by atoms with Gasteiger partial charge in [0.05, 0.1) is 19.1 Å². The summed E-state index contributed by atoms with van der Waals surface area (Å²) in [4.78, 5) is 0. The highest BCUT2D eigenvalue weighted by Crippen LogP contribution is 2.20. The zero-order valence-electron chi connectivity index (χ0n) is 7.77. The Morgan fingerprint density at radius 1 is 1.21 bits per heavy atom. The van der Waals surface area contributed by atoms with E-state index in [-0.39, 0.29) is 25.1 Å². The lowest BCUT2D eigenvalue weighted by atomic mass is 10.1. The van der Waals surface area contributed by atoms with Crippen molar-refractivity contribution < 1.29 is 17.9 Å². The van der Waals surface area contributed by atoms with Crippen LogP contribution in [0.25, 0.3) is 0 Å². The van der Waals surface area contributed by atoms with Gasteiger partial charge in [0, 0.05) is 0 Å². The van der Waals surface area contributed by atoms with Crippen molar-refractivity contribution in [3.63, 3.8) is 0 Å². The van der Waals surface area contributed by atoms with E-state index in [2.05, 4.69) is 5.32 Å². The number of ether oxygens (including phenoxy) is 1. The number of halogens is 4. The molecule has 0 aliphatic carbocycles. The summed E-state index contributed by atoms with van der Waals surface area (Å²) < 4.78 is 40.3. The Labute approximate surface area is 87.6 Å². The molecular weight excluding hydrogens is 219 g/mol. The molecule has 1 aliphatic heterocycles. The number of rotatable bonds is 3. The van der Waals surface area contributed by atoms with Gasteiger partial charge >= 0.3 is 6.18 Å². The first-order chi connectivity index (χ1) is 6.08. The summed E-state index contributed by atoms with van der Waals surface area (Å²) in [5.41, 5.74) is 0. The molecule has 0 saturated carbocycles. The third kappa shape index (κ3) is 6.45. The van der Waals surface area contributed by atoms with Crippen molar-refractivity contribution in [2.24, 2.45) is 0 Å². The number of nitrogens with one attached hydrogen (secondary N) is 1. The molecular formula is C8H15ClF3NO. The minimum atomic E-state index is -4.09. The maximum Gasteiger partial charge on any atom is 0.391 e. The zero-order valence-corrected chi connectivity index (χ0v) is 8.59. The molecule has 1 fully saturated rings. The molecule has 1 saturated heterocycles. The minimum absolute atomic E-state index is 0. The highest BCUT2D eigenvalue weighted by molar-refractivity contribution is 5.85. The molecule has 0 aromatic heterocycles. The molecule has 2 nitrogen and oxygen atoms in total. The van der Waals surface area contributed by atoms with Crippen LogP contribution in [-0.4, -0.2) is 32.0 Å². The summed E-state index contributed by atoms with van der Waals surface area (Å²) in [5, 5.41) is 3.12. The number of piperidine rings is 1. The van der Waals surface area contributed by atoms with Crippen LogP contribution >= 0.6 is 12.4 Å². The molecule has 14 heavy (non-hydrogen) atoms. The topological polar surface area (TPSA) is 21.3 Å². The van der Waals surface area contributed by atoms with Gasteiger partial charge in [-0.3, -0.25) is 0 Å². The van der Waals surface area contributed by atoms with Crippen LogP contribution in [0.2, 0.25) is 0 Å². The summed E-state index contributed by atoms with van der Waals surface area (Å²) in [6, 6.07) is 0. The summed E-state index contributed by atoms with van der Waals surface area (Å²) in [5.74, 6) is 0. The summed E-state index contributed by atoms with van der Waals surface area (Å²) in [6.07, 6.45) is -3.27. The Morgan fingerprint density at radius 2 is 1.79 bits per heavy atom. The fraction of sp³-hybridized carbons (Fsp3) is 1.00. The van der Waals surface area contributed by atoms with Crippen molar-refractivity contribution in [3.8, 4) is 0 Å². The molecule has 0 atom stereocenters. The van der Waals surface area contributed by atoms with Gasteiger partial charge in [0.1, 0.15) is 0 Å². The van der Waals surface area contributed by atoms with Gasteiger partial charge in [-0.05, 0) is 25.9 Å². The first kappa shape index (κ1) is 14.0. The normalized spacial score (nSPS) is 19.1. The number of hydrogen-bond acceptors (Lipinski definition) is 2. The van der Waals surface area contributed by atoms with Gasteiger partial charge in [-0.1, -0.05) is 0 Å². The van der Waals surface area contributed by atoms with Crippen LogP contribution in [0.1, 0.15) is 19.3 Å². The lowest BCUT2D eigenvalue weighted by molar-refractivity contribution is -0.149. The predicted octanol–water partition coefficient (Wildman–Crippen LogP) is 2.13. The molecule has 1 N–H and O–H groups in total. The van der Waals surface area contributed by atoms with E-state index < -0.39 is 12.6 Å². The van der Waals surface area contributed by atoms with Crippen molar-refractivity contribution in [3.05, 3.63) is 0 Å². The first-order valence-electron chi connectivity index (χ1n) is 4.47. The molecule has 1 rings (SSSR count). The Morgan fingerprint density at radius 3 is 2.29 bits per heavy atom. The van der Waals surface area contributed by atoms with E-state index in [1.54, 1.807) is 0 Å². The second-order valence-corrected chi connectivity index (χ2v) is 3.19.